The molecular weight excluding hydrogens is 457 g/mol. The number of para-hydroxylation sites is 2. The van der Waals surface area contributed by atoms with Crippen LogP contribution in [0.4, 0.5) is 0 Å². The second kappa shape index (κ2) is 10.2. The van der Waals surface area contributed by atoms with E-state index in [2.05, 4.69) is 27.3 Å². The van der Waals surface area contributed by atoms with E-state index in [1.807, 2.05) is 43.4 Å². The molecule has 0 radical (unpaired) electrons. The van der Waals surface area contributed by atoms with Crippen molar-refractivity contribution in [2.45, 2.75) is 12.6 Å². The van der Waals surface area contributed by atoms with E-state index in [1.165, 1.54) is 5.56 Å². The van der Waals surface area contributed by atoms with E-state index in [1.54, 1.807) is 14.2 Å². The van der Waals surface area contributed by atoms with Crippen LogP contribution in [0.25, 0.3) is 0 Å². The Hall–Kier alpha value is -2.16. The third kappa shape index (κ3) is 5.66. The molecule has 0 bridgehead atoms. The minimum atomic E-state index is -0.0592. The summed E-state index contributed by atoms with van der Waals surface area (Å²) in [5.74, 6) is 3.24. The Balaban J connectivity index is 0.00000261. The van der Waals surface area contributed by atoms with Gasteiger partial charge in [-0.25, -0.2) is 0 Å². The van der Waals surface area contributed by atoms with Crippen LogP contribution in [0.1, 0.15) is 5.56 Å². The zero-order valence-electron chi connectivity index (χ0n) is 15.8. The normalized spacial score (nSPS) is 15.5. The smallest absolute Gasteiger partial charge is 0.193 e. The second-order valence-electron chi connectivity index (χ2n) is 6.13. The van der Waals surface area contributed by atoms with Crippen molar-refractivity contribution < 1.29 is 14.2 Å². The monoisotopic (exact) mass is 483 g/mol. The van der Waals surface area contributed by atoms with Gasteiger partial charge in [-0.2, -0.15) is 0 Å². The highest BCUT2D eigenvalue weighted by Crippen LogP contribution is 2.30. The fraction of sp³-hybridized carbons (Fsp3) is 0.350. The molecule has 0 saturated carbocycles. The van der Waals surface area contributed by atoms with Gasteiger partial charge in [0, 0.05) is 20.6 Å². The van der Waals surface area contributed by atoms with Crippen molar-refractivity contribution in [1.29, 1.82) is 0 Å². The van der Waals surface area contributed by atoms with Crippen molar-refractivity contribution in [2.75, 3.05) is 34.4 Å². The number of nitrogens with one attached hydrogen (secondary N) is 1. The predicted octanol–water partition coefficient (Wildman–Crippen LogP) is 3.16. The van der Waals surface area contributed by atoms with E-state index in [4.69, 9.17) is 14.2 Å². The zero-order valence-corrected chi connectivity index (χ0v) is 18.2. The van der Waals surface area contributed by atoms with Gasteiger partial charge in [0.05, 0.1) is 13.7 Å². The van der Waals surface area contributed by atoms with Gasteiger partial charge in [0.15, 0.2) is 17.5 Å². The van der Waals surface area contributed by atoms with Crippen LogP contribution >= 0.6 is 24.0 Å². The number of aliphatic imine (C=N–C) groups is 1. The van der Waals surface area contributed by atoms with Crippen molar-refractivity contribution >= 4 is 29.9 Å². The third-order valence-electron chi connectivity index (χ3n) is 4.21. The van der Waals surface area contributed by atoms with E-state index in [0.29, 0.717) is 13.2 Å². The molecule has 6 nitrogen and oxygen atoms in total. The first-order chi connectivity index (χ1) is 12.7. The van der Waals surface area contributed by atoms with Gasteiger partial charge in [0.2, 0.25) is 0 Å². The summed E-state index contributed by atoms with van der Waals surface area (Å²) in [5.41, 5.74) is 1.18. The molecule has 0 saturated heterocycles. The van der Waals surface area contributed by atoms with Gasteiger partial charge in [-0.3, -0.25) is 4.99 Å². The number of halogens is 1. The van der Waals surface area contributed by atoms with Crippen LogP contribution in [0.5, 0.6) is 17.2 Å². The summed E-state index contributed by atoms with van der Waals surface area (Å²) in [4.78, 5) is 6.43. The summed E-state index contributed by atoms with van der Waals surface area (Å²) in [6.45, 7) is 1.88. The lowest BCUT2D eigenvalue weighted by molar-refractivity contribution is 0.0932. The van der Waals surface area contributed by atoms with Gasteiger partial charge in [0.1, 0.15) is 18.5 Å². The molecule has 3 rings (SSSR count). The largest absolute Gasteiger partial charge is 0.497 e. The minimum Gasteiger partial charge on any atom is -0.497 e. The Kier molecular flexibility index (Phi) is 8.02. The van der Waals surface area contributed by atoms with Crippen LogP contribution in [-0.4, -0.2) is 51.3 Å². The molecule has 27 heavy (non-hydrogen) atoms. The summed E-state index contributed by atoms with van der Waals surface area (Å²) in [7, 11) is 5.45. The Bertz CT molecular complexity index is 752. The second-order valence-corrected chi connectivity index (χ2v) is 6.13. The first-order valence-electron chi connectivity index (χ1n) is 8.63. The topological polar surface area (TPSA) is 55.3 Å². The molecule has 1 N–H and O–H groups in total. The maximum absolute atomic E-state index is 5.98. The molecule has 146 valence electrons. The van der Waals surface area contributed by atoms with E-state index < -0.39 is 0 Å². The average molecular weight is 483 g/mol. The minimum absolute atomic E-state index is 0. The Labute approximate surface area is 177 Å². The van der Waals surface area contributed by atoms with Crippen LogP contribution in [0, 0.1) is 0 Å². The van der Waals surface area contributed by atoms with Crippen LogP contribution in [0.3, 0.4) is 0 Å². The molecule has 1 atom stereocenters. The molecule has 1 aliphatic rings. The van der Waals surface area contributed by atoms with Crippen LogP contribution in [0.2, 0.25) is 0 Å². The van der Waals surface area contributed by atoms with Gasteiger partial charge in [-0.05, 0) is 29.8 Å². The molecule has 2 aromatic carbocycles. The number of guanidine groups is 1. The first kappa shape index (κ1) is 21.1. The van der Waals surface area contributed by atoms with E-state index in [-0.39, 0.29) is 30.1 Å². The van der Waals surface area contributed by atoms with E-state index in [0.717, 1.165) is 29.8 Å². The Morgan fingerprint density at radius 2 is 1.89 bits per heavy atom. The number of hydrogen-bond donors (Lipinski definition) is 1. The highest BCUT2D eigenvalue weighted by atomic mass is 127. The van der Waals surface area contributed by atoms with Gasteiger partial charge in [-0.1, -0.05) is 24.3 Å². The fourth-order valence-electron chi connectivity index (χ4n) is 2.83. The lowest BCUT2D eigenvalue weighted by atomic mass is 10.2. The summed E-state index contributed by atoms with van der Waals surface area (Å²) in [6.07, 6.45) is -0.0592. The average Bonchev–Trinajstić information content (AvgIpc) is 2.69. The van der Waals surface area contributed by atoms with Crippen molar-refractivity contribution in [3.63, 3.8) is 0 Å². The van der Waals surface area contributed by atoms with Gasteiger partial charge >= 0.3 is 0 Å². The summed E-state index contributed by atoms with van der Waals surface area (Å²) < 4.78 is 16.9. The lowest BCUT2D eigenvalue weighted by Gasteiger charge is -2.28. The Morgan fingerprint density at radius 3 is 2.56 bits per heavy atom. The number of fused-ring (bicyclic) bond motifs is 1. The highest BCUT2D eigenvalue weighted by molar-refractivity contribution is 14.0. The number of hydrogen-bond acceptors (Lipinski definition) is 4. The molecular formula is C20H26IN3O3. The highest BCUT2D eigenvalue weighted by Gasteiger charge is 2.21. The number of methoxy groups -OCH3 is 1. The molecule has 0 aliphatic carbocycles. The summed E-state index contributed by atoms with van der Waals surface area (Å²) in [5, 5.41) is 3.36. The third-order valence-corrected chi connectivity index (χ3v) is 4.21. The Morgan fingerprint density at radius 1 is 1.19 bits per heavy atom. The van der Waals surface area contributed by atoms with Crippen molar-refractivity contribution in [3.8, 4) is 17.2 Å². The summed E-state index contributed by atoms with van der Waals surface area (Å²) >= 11 is 0. The van der Waals surface area contributed by atoms with Crippen LogP contribution in [0.15, 0.2) is 53.5 Å². The predicted molar refractivity (Wildman–Crippen MR) is 118 cm³/mol. The molecule has 2 aromatic rings. The standard InChI is InChI=1S/C20H25N3O3.HI/c1-21-20(23(2)13-15-8-10-16(24-3)11-9-15)22-12-17-14-25-18-6-4-5-7-19(18)26-17;/h4-11,17H,12-14H2,1-3H3,(H,21,22);1H. The van der Waals surface area contributed by atoms with Crippen LogP contribution in [-0.2, 0) is 6.54 Å². The SMILES string of the molecule is CN=C(NCC1COc2ccccc2O1)N(C)Cc1ccc(OC)cc1.I. The molecule has 7 heteroatoms. The molecule has 1 aliphatic heterocycles. The number of benzene rings is 2. The van der Waals surface area contributed by atoms with Crippen molar-refractivity contribution in [3.05, 3.63) is 54.1 Å². The molecule has 0 spiro atoms. The van der Waals surface area contributed by atoms with E-state index >= 15 is 0 Å². The van der Waals surface area contributed by atoms with Crippen molar-refractivity contribution in [1.82, 2.24) is 10.2 Å². The van der Waals surface area contributed by atoms with Crippen LogP contribution < -0.4 is 19.5 Å². The van der Waals surface area contributed by atoms with Gasteiger partial charge in [0.25, 0.3) is 0 Å². The first-order valence-corrected chi connectivity index (χ1v) is 8.63. The van der Waals surface area contributed by atoms with Gasteiger partial charge in [-0.15, -0.1) is 24.0 Å². The quantitative estimate of drug-likeness (QED) is 0.403. The maximum atomic E-state index is 5.98. The zero-order chi connectivity index (χ0) is 18.4. The van der Waals surface area contributed by atoms with Crippen molar-refractivity contribution in [2.24, 2.45) is 4.99 Å². The number of ether oxygens (including phenoxy) is 3. The number of nitrogens with zero attached hydrogens (tertiary/aromatic N) is 2. The summed E-state index contributed by atoms with van der Waals surface area (Å²) in [6, 6.07) is 15.8. The molecule has 0 amide bonds. The molecule has 1 unspecified atom stereocenters. The molecule has 1 heterocycles. The lowest BCUT2D eigenvalue weighted by Crippen LogP contribution is -2.45. The van der Waals surface area contributed by atoms with Gasteiger partial charge < -0.3 is 24.4 Å². The van der Waals surface area contributed by atoms with E-state index in [9.17, 15) is 0 Å². The maximum Gasteiger partial charge on any atom is 0.193 e. The molecule has 0 aromatic heterocycles. The number of rotatable bonds is 5. The molecule has 0 fully saturated rings. The fourth-order valence-corrected chi connectivity index (χ4v) is 2.83.